The lowest BCUT2D eigenvalue weighted by Gasteiger charge is -2.11. The van der Waals surface area contributed by atoms with Gasteiger partial charge >= 0.3 is 5.76 Å². The molecule has 0 radical (unpaired) electrons. The van der Waals surface area contributed by atoms with Crippen molar-refractivity contribution >= 4 is 40.2 Å². The van der Waals surface area contributed by atoms with E-state index in [1.54, 1.807) is 18.2 Å². The summed E-state index contributed by atoms with van der Waals surface area (Å²) in [4.78, 5) is 57.9. The number of nitro benzene ring substituents is 1. The van der Waals surface area contributed by atoms with Crippen molar-refractivity contribution in [3.63, 3.8) is 0 Å². The molecule has 0 saturated carbocycles. The summed E-state index contributed by atoms with van der Waals surface area (Å²) in [5.74, 6) is -2.05. The number of hydrogen-bond acceptors (Lipinski definition) is 7. The predicted octanol–water partition coefficient (Wildman–Crippen LogP) is 1.53. The zero-order chi connectivity index (χ0) is 24.0. The molecule has 0 saturated heterocycles. The zero-order valence-electron chi connectivity index (χ0n) is 17.4. The van der Waals surface area contributed by atoms with Crippen molar-refractivity contribution < 1.29 is 23.7 Å². The Hall–Kier alpha value is -4.48. The van der Waals surface area contributed by atoms with Crippen LogP contribution in [-0.4, -0.2) is 33.8 Å². The Morgan fingerprint density at radius 3 is 2.61 bits per heavy atom. The van der Waals surface area contributed by atoms with Crippen LogP contribution in [0.25, 0.3) is 11.1 Å². The fourth-order valence-corrected chi connectivity index (χ4v) is 3.18. The molecule has 3 aromatic rings. The van der Waals surface area contributed by atoms with Crippen LogP contribution < -0.4 is 22.1 Å². The van der Waals surface area contributed by atoms with Crippen molar-refractivity contribution in [1.29, 1.82) is 0 Å². The summed E-state index contributed by atoms with van der Waals surface area (Å²) in [6, 6.07) is 10.3. The third-order valence-electron chi connectivity index (χ3n) is 4.75. The maximum absolute atomic E-state index is 12.4. The molecule has 1 heterocycles. The standard InChI is InChI=1S/C21H21N5O7/c22-18(27)9-10-23-20(29)14-4-1-2-5-15(14)24-19(28)6-3-11-25-16-8-7-13(26(31)32)12-17(16)33-21(25)30/h1-2,4-5,7-8,12H,3,6,9-11H2,(H2,22,27)(H,23,29)(H,24,28). The Labute approximate surface area is 186 Å². The van der Waals surface area contributed by atoms with Gasteiger partial charge in [0.05, 0.1) is 27.8 Å². The van der Waals surface area contributed by atoms with Crippen molar-refractivity contribution in [2.75, 3.05) is 11.9 Å². The molecule has 0 atom stereocenters. The van der Waals surface area contributed by atoms with Gasteiger partial charge in [-0.3, -0.25) is 29.1 Å². The number of amides is 3. The van der Waals surface area contributed by atoms with Gasteiger partial charge in [0.2, 0.25) is 11.8 Å². The number of anilines is 1. The average molecular weight is 455 g/mol. The number of oxazole rings is 1. The average Bonchev–Trinajstić information content (AvgIpc) is 3.08. The number of nitro groups is 1. The summed E-state index contributed by atoms with van der Waals surface area (Å²) in [7, 11) is 0. The molecule has 0 unspecified atom stereocenters. The van der Waals surface area contributed by atoms with E-state index in [-0.39, 0.29) is 55.1 Å². The van der Waals surface area contributed by atoms with Crippen LogP contribution in [0, 0.1) is 10.1 Å². The lowest BCUT2D eigenvalue weighted by molar-refractivity contribution is -0.384. The molecule has 0 aliphatic heterocycles. The maximum Gasteiger partial charge on any atom is 0.419 e. The van der Waals surface area contributed by atoms with E-state index in [2.05, 4.69) is 10.6 Å². The fraction of sp³-hybridized carbons (Fsp3) is 0.238. The third kappa shape index (κ3) is 5.81. The second-order valence-electron chi connectivity index (χ2n) is 7.10. The Morgan fingerprint density at radius 1 is 1.12 bits per heavy atom. The van der Waals surface area contributed by atoms with Gasteiger partial charge in [-0.2, -0.15) is 0 Å². The van der Waals surface area contributed by atoms with Crippen LogP contribution in [0.5, 0.6) is 0 Å². The highest BCUT2D eigenvalue weighted by Gasteiger charge is 2.16. The van der Waals surface area contributed by atoms with Crippen molar-refractivity contribution in [3.05, 3.63) is 68.7 Å². The normalized spacial score (nSPS) is 10.7. The number of benzene rings is 2. The number of aromatic nitrogens is 1. The summed E-state index contributed by atoms with van der Waals surface area (Å²) >= 11 is 0. The summed E-state index contributed by atoms with van der Waals surface area (Å²) in [5, 5.41) is 16.1. The van der Waals surface area contributed by atoms with Crippen molar-refractivity contribution in [2.45, 2.75) is 25.8 Å². The van der Waals surface area contributed by atoms with Crippen molar-refractivity contribution in [3.8, 4) is 0 Å². The second kappa shape index (κ2) is 10.2. The number of rotatable bonds is 10. The smallest absolute Gasteiger partial charge is 0.407 e. The number of nitrogens with zero attached hydrogens (tertiary/aromatic N) is 2. The quantitative estimate of drug-likeness (QED) is 0.306. The highest BCUT2D eigenvalue weighted by Crippen LogP contribution is 2.20. The molecule has 3 amide bonds. The van der Waals surface area contributed by atoms with Gasteiger partial charge in [-0.1, -0.05) is 12.1 Å². The van der Waals surface area contributed by atoms with Gasteiger partial charge in [0, 0.05) is 32.0 Å². The van der Waals surface area contributed by atoms with Crippen molar-refractivity contribution in [2.24, 2.45) is 5.73 Å². The minimum absolute atomic E-state index is 0.00429. The summed E-state index contributed by atoms with van der Waals surface area (Å²) < 4.78 is 6.36. The number of non-ortho nitro benzene ring substituents is 1. The third-order valence-corrected chi connectivity index (χ3v) is 4.75. The minimum atomic E-state index is -0.677. The molecule has 3 rings (SSSR count). The molecule has 0 bridgehead atoms. The van der Waals surface area contributed by atoms with E-state index in [1.165, 1.54) is 28.8 Å². The van der Waals surface area contributed by atoms with E-state index < -0.39 is 22.5 Å². The molecule has 4 N–H and O–H groups in total. The predicted molar refractivity (Wildman–Crippen MR) is 118 cm³/mol. The molecule has 1 aromatic heterocycles. The number of nitrogens with one attached hydrogen (secondary N) is 2. The first-order valence-electron chi connectivity index (χ1n) is 9.99. The lowest BCUT2D eigenvalue weighted by Crippen LogP contribution is -2.28. The maximum atomic E-state index is 12.4. The van der Waals surface area contributed by atoms with Gasteiger partial charge in [-0.15, -0.1) is 0 Å². The first-order valence-corrected chi connectivity index (χ1v) is 9.99. The van der Waals surface area contributed by atoms with E-state index in [1.807, 2.05) is 0 Å². The van der Waals surface area contributed by atoms with Gasteiger partial charge in [-0.05, 0) is 24.6 Å². The van der Waals surface area contributed by atoms with E-state index in [4.69, 9.17) is 10.2 Å². The molecular weight excluding hydrogens is 434 g/mol. The fourth-order valence-electron chi connectivity index (χ4n) is 3.18. The van der Waals surface area contributed by atoms with E-state index >= 15 is 0 Å². The largest absolute Gasteiger partial charge is 0.419 e. The lowest BCUT2D eigenvalue weighted by atomic mass is 10.1. The molecule has 12 nitrogen and oxygen atoms in total. The van der Waals surface area contributed by atoms with Crippen LogP contribution in [0.4, 0.5) is 11.4 Å². The first-order chi connectivity index (χ1) is 15.8. The number of primary amides is 1. The summed E-state index contributed by atoms with van der Waals surface area (Å²) in [6.45, 7) is 0.235. The van der Waals surface area contributed by atoms with E-state index in [0.717, 1.165) is 0 Å². The Kier molecular flexibility index (Phi) is 7.18. The van der Waals surface area contributed by atoms with Gasteiger partial charge in [-0.25, -0.2) is 4.79 Å². The van der Waals surface area contributed by atoms with Crippen LogP contribution in [-0.2, 0) is 16.1 Å². The van der Waals surface area contributed by atoms with Crippen LogP contribution >= 0.6 is 0 Å². The Balaban J connectivity index is 1.60. The SMILES string of the molecule is NC(=O)CCNC(=O)c1ccccc1NC(=O)CCCn1c(=O)oc2cc([N+](=O)[O-])ccc21. The number of carbonyl (C=O) groups excluding carboxylic acids is 3. The number of fused-ring (bicyclic) bond motifs is 1. The Bertz CT molecular complexity index is 1280. The molecule has 0 aliphatic carbocycles. The topological polar surface area (TPSA) is 180 Å². The van der Waals surface area contributed by atoms with Gasteiger partial charge in [0.1, 0.15) is 0 Å². The van der Waals surface area contributed by atoms with Crippen LogP contribution in [0.15, 0.2) is 51.7 Å². The van der Waals surface area contributed by atoms with Crippen LogP contribution in [0.1, 0.15) is 29.6 Å². The van der Waals surface area contributed by atoms with E-state index in [9.17, 15) is 29.3 Å². The molecule has 2 aromatic carbocycles. The van der Waals surface area contributed by atoms with Crippen LogP contribution in [0.3, 0.4) is 0 Å². The molecule has 0 fully saturated rings. The number of aryl methyl sites for hydroxylation is 1. The molecule has 33 heavy (non-hydrogen) atoms. The summed E-state index contributed by atoms with van der Waals surface area (Å²) in [6.07, 6.45) is 0.323. The monoisotopic (exact) mass is 455 g/mol. The highest BCUT2D eigenvalue weighted by atomic mass is 16.6. The Morgan fingerprint density at radius 2 is 1.88 bits per heavy atom. The number of para-hydroxylation sites is 1. The minimum Gasteiger partial charge on any atom is -0.407 e. The van der Waals surface area contributed by atoms with Gasteiger partial charge in [0.15, 0.2) is 5.58 Å². The van der Waals surface area contributed by atoms with Crippen LogP contribution in [0.2, 0.25) is 0 Å². The highest BCUT2D eigenvalue weighted by molar-refractivity contribution is 6.03. The van der Waals surface area contributed by atoms with Crippen molar-refractivity contribution in [1.82, 2.24) is 9.88 Å². The molecule has 172 valence electrons. The molecule has 0 spiro atoms. The molecular formula is C21H21N5O7. The molecule has 12 heteroatoms. The van der Waals surface area contributed by atoms with Gasteiger partial charge < -0.3 is 20.8 Å². The number of carbonyl (C=O) groups is 3. The van der Waals surface area contributed by atoms with E-state index in [0.29, 0.717) is 11.2 Å². The zero-order valence-corrected chi connectivity index (χ0v) is 17.4. The second-order valence-corrected chi connectivity index (χ2v) is 7.10. The molecule has 0 aliphatic rings. The first kappa shape index (κ1) is 23.2. The number of nitrogens with two attached hydrogens (primary N) is 1. The summed E-state index contributed by atoms with van der Waals surface area (Å²) in [5.41, 5.74) is 5.88. The van der Waals surface area contributed by atoms with Gasteiger partial charge in [0.25, 0.3) is 11.6 Å². The number of hydrogen-bond donors (Lipinski definition) is 3.